The zero-order valence-electron chi connectivity index (χ0n) is 12.9. The normalized spacial score (nSPS) is 11.9. The number of aryl methyl sites for hydroxylation is 1. The van der Waals surface area contributed by atoms with Gasteiger partial charge in [-0.3, -0.25) is 0 Å². The van der Waals surface area contributed by atoms with Gasteiger partial charge in [-0.1, -0.05) is 30.3 Å². The molecule has 0 saturated heterocycles. The summed E-state index contributed by atoms with van der Waals surface area (Å²) in [4.78, 5) is 5.24. The summed E-state index contributed by atoms with van der Waals surface area (Å²) in [5.74, 6) is 0. The second-order valence-corrected chi connectivity index (χ2v) is 7.70. The highest BCUT2D eigenvalue weighted by atomic mass is 32.2. The SMILES string of the molecule is Cn1cc(C=C(C#N)Sc2nc3ccccc3s2)c2ccccc21. The lowest BCUT2D eigenvalue weighted by atomic mass is 10.1. The fourth-order valence-electron chi connectivity index (χ4n) is 2.70. The van der Waals surface area contributed by atoms with Crippen molar-refractivity contribution in [2.45, 2.75) is 4.34 Å². The zero-order valence-corrected chi connectivity index (χ0v) is 14.6. The van der Waals surface area contributed by atoms with E-state index in [9.17, 15) is 5.26 Å². The lowest BCUT2D eigenvalue weighted by molar-refractivity contribution is 0.968. The smallest absolute Gasteiger partial charge is 0.156 e. The average molecular weight is 347 g/mol. The van der Waals surface area contributed by atoms with Crippen LogP contribution < -0.4 is 0 Å². The highest BCUT2D eigenvalue weighted by Crippen LogP contribution is 2.35. The van der Waals surface area contributed by atoms with Gasteiger partial charge in [-0.15, -0.1) is 11.3 Å². The van der Waals surface area contributed by atoms with Crippen LogP contribution in [0.2, 0.25) is 0 Å². The van der Waals surface area contributed by atoms with E-state index in [1.54, 1.807) is 11.3 Å². The van der Waals surface area contributed by atoms with Gasteiger partial charge in [0.05, 0.1) is 15.1 Å². The predicted molar refractivity (Wildman–Crippen MR) is 102 cm³/mol. The number of allylic oxidation sites excluding steroid dienone is 1. The van der Waals surface area contributed by atoms with Crippen LogP contribution in [0.25, 0.3) is 27.2 Å². The van der Waals surface area contributed by atoms with E-state index in [4.69, 9.17) is 0 Å². The molecule has 0 spiro atoms. The number of aromatic nitrogens is 2. The molecule has 24 heavy (non-hydrogen) atoms. The summed E-state index contributed by atoms with van der Waals surface area (Å²) in [6.07, 6.45) is 4.00. The van der Waals surface area contributed by atoms with Gasteiger partial charge in [-0.05, 0) is 36.0 Å². The molecule has 0 unspecified atom stereocenters. The van der Waals surface area contributed by atoms with E-state index < -0.39 is 0 Å². The van der Waals surface area contributed by atoms with Gasteiger partial charge in [0.15, 0.2) is 4.34 Å². The van der Waals surface area contributed by atoms with Crippen LogP contribution in [0.15, 0.2) is 64.0 Å². The first-order valence-electron chi connectivity index (χ1n) is 7.44. The number of benzene rings is 2. The summed E-state index contributed by atoms with van der Waals surface area (Å²) in [6, 6.07) is 18.5. The van der Waals surface area contributed by atoms with Crippen molar-refractivity contribution < 1.29 is 0 Å². The third-order valence-corrected chi connectivity index (χ3v) is 5.82. The van der Waals surface area contributed by atoms with Crippen LogP contribution in [0.1, 0.15) is 5.56 Å². The molecule has 5 heteroatoms. The maximum absolute atomic E-state index is 9.53. The highest BCUT2D eigenvalue weighted by Gasteiger charge is 2.09. The molecule has 3 nitrogen and oxygen atoms in total. The molecule has 4 aromatic rings. The fourth-order valence-corrected chi connectivity index (χ4v) is 4.67. The number of hydrogen-bond acceptors (Lipinski definition) is 4. The number of hydrogen-bond donors (Lipinski definition) is 0. The second-order valence-electron chi connectivity index (χ2n) is 5.38. The Morgan fingerprint density at radius 1 is 1.21 bits per heavy atom. The van der Waals surface area contributed by atoms with Gasteiger partial charge >= 0.3 is 0 Å². The van der Waals surface area contributed by atoms with Crippen molar-refractivity contribution in [1.82, 2.24) is 9.55 Å². The predicted octanol–water partition coefficient (Wildman–Crippen LogP) is 5.44. The van der Waals surface area contributed by atoms with E-state index in [1.807, 2.05) is 43.5 Å². The van der Waals surface area contributed by atoms with Crippen molar-refractivity contribution in [1.29, 1.82) is 5.26 Å². The molecule has 2 aromatic carbocycles. The third kappa shape index (κ3) is 2.71. The monoisotopic (exact) mass is 347 g/mol. The minimum atomic E-state index is 0.644. The van der Waals surface area contributed by atoms with Crippen LogP contribution in [-0.4, -0.2) is 9.55 Å². The third-order valence-electron chi connectivity index (χ3n) is 3.80. The van der Waals surface area contributed by atoms with Crippen LogP contribution >= 0.6 is 23.1 Å². The van der Waals surface area contributed by atoms with E-state index in [1.165, 1.54) is 11.8 Å². The number of fused-ring (bicyclic) bond motifs is 2. The Bertz CT molecular complexity index is 1080. The van der Waals surface area contributed by atoms with Gasteiger partial charge in [0.25, 0.3) is 0 Å². The number of rotatable bonds is 3. The standard InChI is InChI=1S/C19H13N3S2/c1-22-12-13(15-6-2-4-8-17(15)22)10-14(11-20)23-19-21-16-7-3-5-9-18(16)24-19/h2-10,12H,1H3. The first-order valence-corrected chi connectivity index (χ1v) is 9.07. The molecule has 0 fully saturated rings. The van der Waals surface area contributed by atoms with Gasteiger partial charge in [0.1, 0.15) is 6.07 Å². The van der Waals surface area contributed by atoms with Crippen LogP contribution in [0.4, 0.5) is 0 Å². The summed E-state index contributed by atoms with van der Waals surface area (Å²) in [6.45, 7) is 0. The largest absolute Gasteiger partial charge is 0.350 e. The molecule has 0 radical (unpaired) electrons. The van der Waals surface area contributed by atoms with Gasteiger partial charge in [0.2, 0.25) is 0 Å². The summed E-state index contributed by atoms with van der Waals surface area (Å²) in [7, 11) is 2.02. The van der Waals surface area contributed by atoms with Crippen LogP contribution in [0.3, 0.4) is 0 Å². The molecule has 0 saturated carbocycles. The molecule has 4 rings (SSSR count). The molecule has 0 bridgehead atoms. The first-order chi connectivity index (χ1) is 11.7. The van der Waals surface area contributed by atoms with Crippen LogP contribution in [0.5, 0.6) is 0 Å². The minimum Gasteiger partial charge on any atom is -0.350 e. The van der Waals surface area contributed by atoms with E-state index in [2.05, 4.69) is 40.0 Å². The summed E-state index contributed by atoms with van der Waals surface area (Å²) < 4.78 is 4.12. The summed E-state index contributed by atoms with van der Waals surface area (Å²) in [5, 5.41) is 10.7. The topological polar surface area (TPSA) is 41.6 Å². The highest BCUT2D eigenvalue weighted by molar-refractivity contribution is 8.05. The molecular formula is C19H13N3S2. The number of thiazole rings is 1. The molecule has 116 valence electrons. The Balaban J connectivity index is 1.72. The van der Waals surface area contributed by atoms with E-state index in [0.717, 1.165) is 31.0 Å². The van der Waals surface area contributed by atoms with E-state index in [-0.39, 0.29) is 0 Å². The second kappa shape index (κ2) is 6.16. The van der Waals surface area contributed by atoms with E-state index >= 15 is 0 Å². The lowest BCUT2D eigenvalue weighted by Crippen LogP contribution is -1.81. The molecule has 0 atom stereocenters. The molecule has 0 aliphatic heterocycles. The van der Waals surface area contributed by atoms with Crippen molar-refractivity contribution in [2.24, 2.45) is 7.05 Å². The van der Waals surface area contributed by atoms with Crippen molar-refractivity contribution in [3.05, 3.63) is 65.2 Å². The lowest BCUT2D eigenvalue weighted by Gasteiger charge is -1.95. The number of thioether (sulfide) groups is 1. The first kappa shape index (κ1) is 15.0. The van der Waals surface area contributed by atoms with Crippen LogP contribution in [-0.2, 0) is 7.05 Å². The molecule has 0 amide bonds. The Kier molecular flexibility index (Phi) is 3.85. The summed E-state index contributed by atoms with van der Waals surface area (Å²) in [5.41, 5.74) is 3.19. The Hall–Kier alpha value is -2.55. The average Bonchev–Trinajstić information content (AvgIpc) is 3.15. The van der Waals surface area contributed by atoms with Crippen LogP contribution in [0, 0.1) is 11.3 Å². The Morgan fingerprint density at radius 2 is 2.00 bits per heavy atom. The Morgan fingerprint density at radius 3 is 2.83 bits per heavy atom. The minimum absolute atomic E-state index is 0.644. The molecule has 2 aromatic heterocycles. The van der Waals surface area contributed by atoms with Crippen molar-refractivity contribution >= 4 is 50.3 Å². The Labute approximate surface area is 147 Å². The van der Waals surface area contributed by atoms with Gasteiger partial charge in [0, 0.05) is 29.7 Å². The molecule has 0 aliphatic rings. The van der Waals surface area contributed by atoms with Gasteiger partial charge in [-0.2, -0.15) is 5.26 Å². The van der Waals surface area contributed by atoms with Crippen molar-refractivity contribution in [3.8, 4) is 6.07 Å². The maximum Gasteiger partial charge on any atom is 0.156 e. The number of nitriles is 1. The van der Waals surface area contributed by atoms with Gasteiger partial charge < -0.3 is 4.57 Å². The van der Waals surface area contributed by atoms with Gasteiger partial charge in [-0.25, -0.2) is 4.98 Å². The summed E-state index contributed by atoms with van der Waals surface area (Å²) >= 11 is 3.04. The molecular weight excluding hydrogens is 334 g/mol. The van der Waals surface area contributed by atoms with Crippen molar-refractivity contribution in [2.75, 3.05) is 0 Å². The molecule has 0 N–H and O–H groups in total. The van der Waals surface area contributed by atoms with E-state index in [0.29, 0.717) is 4.91 Å². The fraction of sp³-hybridized carbons (Fsp3) is 0.0526. The molecule has 2 heterocycles. The number of para-hydroxylation sites is 2. The van der Waals surface area contributed by atoms with Crippen molar-refractivity contribution in [3.63, 3.8) is 0 Å². The number of nitrogens with zero attached hydrogens (tertiary/aromatic N) is 3. The quantitative estimate of drug-likeness (QED) is 0.366. The molecule has 0 aliphatic carbocycles. The maximum atomic E-state index is 9.53. The zero-order chi connectivity index (χ0) is 16.5.